The molecular weight excluding hydrogens is 302 g/mol. The fourth-order valence-corrected chi connectivity index (χ4v) is 2.50. The Morgan fingerprint density at radius 3 is 2.46 bits per heavy atom. The minimum Gasteiger partial charge on any atom is -0.461 e. The average molecular weight is 331 g/mol. The molecule has 1 fully saturated rings. The lowest BCUT2D eigenvalue weighted by molar-refractivity contribution is -0.154. The van der Waals surface area contributed by atoms with Crippen LogP contribution in [0.15, 0.2) is 30.3 Å². The van der Waals surface area contributed by atoms with Crippen molar-refractivity contribution in [1.82, 2.24) is 5.32 Å². The number of hydrogen-bond donors (Lipinski definition) is 1. The largest absolute Gasteiger partial charge is 0.461 e. The second-order valence-corrected chi connectivity index (χ2v) is 7.70. The third-order valence-electron chi connectivity index (χ3n) is 4.31. The Kier molecular flexibility index (Phi) is 6.41. The zero-order valence-electron chi connectivity index (χ0n) is 15.0. The zero-order valence-corrected chi connectivity index (χ0v) is 15.0. The molecule has 4 heteroatoms. The van der Waals surface area contributed by atoms with Gasteiger partial charge in [0.1, 0.15) is 6.10 Å². The van der Waals surface area contributed by atoms with Crippen LogP contribution in [-0.2, 0) is 20.7 Å². The molecule has 1 atom stereocenters. The van der Waals surface area contributed by atoms with Gasteiger partial charge >= 0.3 is 5.97 Å². The fourth-order valence-electron chi connectivity index (χ4n) is 2.50. The molecule has 1 saturated carbocycles. The van der Waals surface area contributed by atoms with Crippen LogP contribution in [0.1, 0.15) is 52.0 Å². The number of rotatable bonds is 8. The topological polar surface area (TPSA) is 55.4 Å². The maximum Gasteiger partial charge on any atom is 0.306 e. The second-order valence-electron chi connectivity index (χ2n) is 7.70. The second kappa shape index (κ2) is 8.32. The number of hydrogen-bond acceptors (Lipinski definition) is 3. The Balaban J connectivity index is 1.75. The predicted molar refractivity (Wildman–Crippen MR) is 94.4 cm³/mol. The summed E-state index contributed by atoms with van der Waals surface area (Å²) in [7, 11) is 0. The molecule has 0 aliphatic heterocycles. The van der Waals surface area contributed by atoms with Crippen LogP contribution in [0.25, 0.3) is 0 Å². The molecule has 0 saturated heterocycles. The molecule has 1 N–H and O–H groups in total. The van der Waals surface area contributed by atoms with Crippen molar-refractivity contribution < 1.29 is 14.3 Å². The molecule has 1 aliphatic rings. The van der Waals surface area contributed by atoms with Gasteiger partial charge in [-0.05, 0) is 30.2 Å². The quantitative estimate of drug-likeness (QED) is 0.586. The highest BCUT2D eigenvalue weighted by atomic mass is 16.5. The van der Waals surface area contributed by atoms with Crippen LogP contribution in [0.2, 0.25) is 0 Å². The van der Waals surface area contributed by atoms with E-state index in [0.29, 0.717) is 25.8 Å². The van der Waals surface area contributed by atoms with Crippen LogP contribution >= 0.6 is 0 Å². The Morgan fingerprint density at radius 2 is 1.88 bits per heavy atom. The number of amides is 1. The molecule has 0 radical (unpaired) electrons. The van der Waals surface area contributed by atoms with E-state index in [1.807, 2.05) is 18.2 Å². The highest BCUT2D eigenvalue weighted by molar-refractivity contribution is 5.80. The number of nitrogens with one attached hydrogen (secondary N) is 1. The minimum absolute atomic E-state index is 0.119. The van der Waals surface area contributed by atoms with Gasteiger partial charge in [-0.25, -0.2) is 0 Å². The molecule has 2 rings (SSSR count). The van der Waals surface area contributed by atoms with Gasteiger partial charge in [0.25, 0.3) is 0 Å². The SMILES string of the molecule is CC(C)(C)C(Cc1ccccc1)OC(=O)CCCNC(=O)C1CC1. The van der Waals surface area contributed by atoms with Crippen LogP contribution in [0.4, 0.5) is 0 Å². The minimum atomic E-state index is -0.188. The molecule has 1 aromatic carbocycles. The first-order chi connectivity index (χ1) is 11.4. The first kappa shape index (κ1) is 18.5. The summed E-state index contributed by atoms with van der Waals surface area (Å²) in [6.45, 7) is 6.81. The zero-order chi connectivity index (χ0) is 17.6. The number of benzene rings is 1. The summed E-state index contributed by atoms with van der Waals surface area (Å²) in [5, 5.41) is 2.88. The Labute approximate surface area is 145 Å². The van der Waals surface area contributed by atoms with E-state index in [2.05, 4.69) is 38.2 Å². The first-order valence-corrected chi connectivity index (χ1v) is 8.87. The van der Waals surface area contributed by atoms with Crippen LogP contribution in [-0.4, -0.2) is 24.5 Å². The van der Waals surface area contributed by atoms with E-state index in [1.54, 1.807) is 0 Å². The highest BCUT2D eigenvalue weighted by Crippen LogP contribution is 2.28. The van der Waals surface area contributed by atoms with Crippen LogP contribution in [0.5, 0.6) is 0 Å². The van der Waals surface area contributed by atoms with Gasteiger partial charge in [0.2, 0.25) is 5.91 Å². The van der Waals surface area contributed by atoms with Gasteiger partial charge in [0.05, 0.1) is 0 Å². The smallest absolute Gasteiger partial charge is 0.306 e. The normalized spacial score (nSPS) is 15.6. The van der Waals surface area contributed by atoms with Crippen LogP contribution in [0, 0.1) is 11.3 Å². The van der Waals surface area contributed by atoms with Crippen molar-refractivity contribution in [2.45, 2.75) is 59.0 Å². The summed E-state index contributed by atoms with van der Waals surface area (Å²) in [6, 6.07) is 10.1. The van der Waals surface area contributed by atoms with Gasteiger partial charge in [-0.1, -0.05) is 51.1 Å². The lowest BCUT2D eigenvalue weighted by Gasteiger charge is -2.30. The van der Waals surface area contributed by atoms with E-state index < -0.39 is 0 Å². The Hall–Kier alpha value is -1.84. The molecule has 4 nitrogen and oxygen atoms in total. The van der Waals surface area contributed by atoms with Crippen LogP contribution < -0.4 is 5.32 Å². The molecule has 1 amide bonds. The molecule has 1 aliphatic carbocycles. The fraction of sp³-hybridized carbons (Fsp3) is 0.600. The Bertz CT molecular complexity index is 544. The van der Waals surface area contributed by atoms with Crippen LogP contribution in [0.3, 0.4) is 0 Å². The molecule has 1 unspecified atom stereocenters. The molecule has 132 valence electrons. The first-order valence-electron chi connectivity index (χ1n) is 8.87. The standard InChI is InChI=1S/C20H29NO3/c1-20(2,3)17(14-15-8-5-4-6-9-15)24-18(22)10-7-13-21-19(23)16-11-12-16/h4-6,8-9,16-17H,7,10-14H2,1-3H3,(H,21,23). The molecule has 0 aromatic heterocycles. The van der Waals surface area contributed by atoms with E-state index in [4.69, 9.17) is 4.74 Å². The third-order valence-corrected chi connectivity index (χ3v) is 4.31. The van der Waals surface area contributed by atoms with E-state index >= 15 is 0 Å². The van der Waals surface area contributed by atoms with Crippen molar-refractivity contribution in [2.24, 2.45) is 11.3 Å². The van der Waals surface area contributed by atoms with Crippen molar-refractivity contribution in [1.29, 1.82) is 0 Å². The summed E-state index contributed by atoms with van der Waals surface area (Å²) < 4.78 is 5.73. The lowest BCUT2D eigenvalue weighted by Crippen LogP contribution is -2.34. The number of carbonyl (C=O) groups excluding carboxylic acids is 2. The van der Waals surface area contributed by atoms with E-state index in [9.17, 15) is 9.59 Å². The maximum absolute atomic E-state index is 12.1. The van der Waals surface area contributed by atoms with Gasteiger partial charge < -0.3 is 10.1 Å². The van der Waals surface area contributed by atoms with Gasteiger partial charge in [0.15, 0.2) is 0 Å². The summed E-state index contributed by atoms with van der Waals surface area (Å²) in [5.74, 6) is 0.152. The van der Waals surface area contributed by atoms with Crippen molar-refractivity contribution in [3.63, 3.8) is 0 Å². The summed E-state index contributed by atoms with van der Waals surface area (Å²) in [6.07, 6.45) is 3.52. The monoisotopic (exact) mass is 331 g/mol. The molecule has 0 heterocycles. The van der Waals surface area contributed by atoms with E-state index in [1.165, 1.54) is 5.56 Å². The number of esters is 1. The Morgan fingerprint density at radius 1 is 1.21 bits per heavy atom. The molecular formula is C20H29NO3. The lowest BCUT2D eigenvalue weighted by atomic mass is 9.85. The molecule has 1 aromatic rings. The maximum atomic E-state index is 12.1. The van der Waals surface area contributed by atoms with Crippen molar-refractivity contribution in [2.75, 3.05) is 6.54 Å². The van der Waals surface area contributed by atoms with Crippen molar-refractivity contribution in [3.05, 3.63) is 35.9 Å². The molecule has 0 spiro atoms. The van der Waals surface area contributed by atoms with Gasteiger partial charge in [-0.3, -0.25) is 9.59 Å². The van der Waals surface area contributed by atoms with Gasteiger partial charge in [0, 0.05) is 25.3 Å². The summed E-state index contributed by atoms with van der Waals surface area (Å²) in [4.78, 5) is 23.7. The van der Waals surface area contributed by atoms with Crippen molar-refractivity contribution >= 4 is 11.9 Å². The van der Waals surface area contributed by atoms with Gasteiger partial charge in [-0.2, -0.15) is 0 Å². The molecule has 24 heavy (non-hydrogen) atoms. The molecule has 0 bridgehead atoms. The average Bonchev–Trinajstić information content (AvgIpc) is 3.36. The summed E-state index contributed by atoms with van der Waals surface area (Å²) in [5.41, 5.74) is 1.05. The van der Waals surface area contributed by atoms with E-state index in [-0.39, 0.29) is 29.3 Å². The van der Waals surface area contributed by atoms with E-state index in [0.717, 1.165) is 12.8 Å². The number of ether oxygens (including phenoxy) is 1. The van der Waals surface area contributed by atoms with Gasteiger partial charge in [-0.15, -0.1) is 0 Å². The third kappa shape index (κ3) is 6.34. The summed E-state index contributed by atoms with van der Waals surface area (Å²) >= 11 is 0. The predicted octanol–water partition coefficient (Wildman–Crippen LogP) is 3.49. The highest BCUT2D eigenvalue weighted by Gasteiger charge is 2.30. The number of carbonyl (C=O) groups is 2. The van der Waals surface area contributed by atoms with Crippen molar-refractivity contribution in [3.8, 4) is 0 Å².